The molecule has 0 atom stereocenters. The van der Waals surface area contributed by atoms with Crippen LogP contribution in [0.1, 0.15) is 0 Å². The van der Waals surface area contributed by atoms with E-state index in [1.165, 1.54) is 0 Å². The maximum atomic E-state index is 12.1. The Labute approximate surface area is 124 Å². The summed E-state index contributed by atoms with van der Waals surface area (Å²) >= 11 is 5.91. The summed E-state index contributed by atoms with van der Waals surface area (Å²) in [5.41, 5.74) is 0.777. The minimum absolute atomic E-state index is 0.107. The van der Waals surface area contributed by atoms with Crippen molar-refractivity contribution in [2.24, 2.45) is 0 Å². The summed E-state index contributed by atoms with van der Waals surface area (Å²) in [7, 11) is 3.65. The van der Waals surface area contributed by atoms with E-state index in [1.807, 2.05) is 11.0 Å². The van der Waals surface area contributed by atoms with Gasteiger partial charge in [0.15, 0.2) is 0 Å². The highest BCUT2D eigenvalue weighted by Crippen LogP contribution is 2.27. The van der Waals surface area contributed by atoms with E-state index >= 15 is 0 Å². The second-order valence-electron chi connectivity index (χ2n) is 4.88. The van der Waals surface area contributed by atoms with Crippen molar-refractivity contribution in [3.63, 3.8) is 0 Å². The van der Waals surface area contributed by atoms with Gasteiger partial charge in [-0.2, -0.15) is 0 Å². The highest BCUT2D eigenvalue weighted by molar-refractivity contribution is 6.30. The lowest BCUT2D eigenvalue weighted by Gasteiger charge is -2.32. The Balaban J connectivity index is 1.90. The van der Waals surface area contributed by atoms with E-state index in [-0.39, 0.29) is 12.5 Å². The van der Waals surface area contributed by atoms with Crippen LogP contribution >= 0.6 is 11.6 Å². The Bertz CT molecular complexity index is 473. The number of likely N-dealkylation sites (N-methyl/N-ethyl adjacent to an activating group) is 1. The van der Waals surface area contributed by atoms with Gasteiger partial charge in [0.25, 0.3) is 0 Å². The lowest BCUT2D eigenvalue weighted by Crippen LogP contribution is -2.48. The Kier molecular flexibility index (Phi) is 5.09. The number of benzene rings is 1. The predicted octanol–water partition coefficient (Wildman–Crippen LogP) is 1.53. The normalized spacial score (nSPS) is 16.1. The van der Waals surface area contributed by atoms with Gasteiger partial charge in [-0.3, -0.25) is 4.79 Å². The van der Waals surface area contributed by atoms with Crippen LogP contribution in [0.4, 0.5) is 5.69 Å². The molecular formula is C14H20ClN3O2. The summed E-state index contributed by atoms with van der Waals surface area (Å²) in [6.07, 6.45) is 0. The monoisotopic (exact) mass is 297 g/mol. The molecule has 0 spiro atoms. The van der Waals surface area contributed by atoms with E-state index in [1.54, 1.807) is 19.2 Å². The van der Waals surface area contributed by atoms with Gasteiger partial charge in [-0.1, -0.05) is 11.6 Å². The van der Waals surface area contributed by atoms with E-state index in [4.69, 9.17) is 16.3 Å². The molecule has 1 fully saturated rings. The van der Waals surface area contributed by atoms with Gasteiger partial charge in [0.05, 0.1) is 19.3 Å². The van der Waals surface area contributed by atoms with Crippen molar-refractivity contribution in [2.45, 2.75) is 0 Å². The largest absolute Gasteiger partial charge is 0.495 e. The van der Waals surface area contributed by atoms with Gasteiger partial charge in [0, 0.05) is 37.3 Å². The molecule has 1 heterocycles. The molecule has 0 aromatic heterocycles. The number of anilines is 1. The van der Waals surface area contributed by atoms with E-state index in [9.17, 15) is 4.79 Å². The summed E-state index contributed by atoms with van der Waals surface area (Å²) in [6, 6.07) is 5.31. The number of halogens is 1. The molecule has 0 unspecified atom stereocenters. The van der Waals surface area contributed by atoms with Crippen LogP contribution in [0.2, 0.25) is 5.02 Å². The number of nitrogens with zero attached hydrogens (tertiary/aromatic N) is 2. The van der Waals surface area contributed by atoms with Gasteiger partial charge in [-0.25, -0.2) is 0 Å². The van der Waals surface area contributed by atoms with Crippen LogP contribution in [-0.4, -0.2) is 62.6 Å². The summed E-state index contributed by atoms with van der Waals surface area (Å²) in [5.74, 6) is 0.749. The molecule has 110 valence electrons. The van der Waals surface area contributed by atoms with E-state index in [2.05, 4.69) is 17.3 Å². The van der Waals surface area contributed by atoms with Gasteiger partial charge in [-0.05, 0) is 19.2 Å². The molecule has 0 radical (unpaired) electrons. The van der Waals surface area contributed by atoms with Gasteiger partial charge in [0.2, 0.25) is 5.91 Å². The third-order valence-corrected chi connectivity index (χ3v) is 3.68. The van der Waals surface area contributed by atoms with Crippen LogP contribution in [0.25, 0.3) is 0 Å². The van der Waals surface area contributed by atoms with E-state index in [0.717, 1.165) is 31.9 Å². The number of carbonyl (C=O) groups is 1. The Morgan fingerprint density at radius 1 is 1.35 bits per heavy atom. The maximum absolute atomic E-state index is 12.1. The third kappa shape index (κ3) is 3.77. The standard InChI is InChI=1S/C14H20ClN3O2/c1-17-5-7-18(8-6-17)14(19)10-16-12-4-3-11(15)9-13(12)20-2/h3-4,9,16H,5-8,10H2,1-2H3. The quantitative estimate of drug-likeness (QED) is 0.915. The van der Waals surface area contributed by atoms with Crippen LogP contribution in [0, 0.1) is 0 Å². The van der Waals surface area contributed by atoms with Gasteiger partial charge < -0.3 is 19.9 Å². The molecule has 1 aromatic rings. The molecule has 1 aliphatic heterocycles. The smallest absolute Gasteiger partial charge is 0.241 e. The topological polar surface area (TPSA) is 44.8 Å². The van der Waals surface area contributed by atoms with Crippen molar-refractivity contribution in [1.29, 1.82) is 0 Å². The van der Waals surface area contributed by atoms with Crippen LogP contribution in [-0.2, 0) is 4.79 Å². The van der Waals surface area contributed by atoms with Crippen molar-refractivity contribution in [3.8, 4) is 5.75 Å². The first-order valence-electron chi connectivity index (χ1n) is 6.64. The summed E-state index contributed by atoms with van der Waals surface area (Å²) in [4.78, 5) is 16.2. The number of hydrogen-bond donors (Lipinski definition) is 1. The first kappa shape index (κ1) is 14.9. The zero-order valence-corrected chi connectivity index (χ0v) is 12.6. The summed E-state index contributed by atoms with van der Waals surface area (Å²) in [6.45, 7) is 3.69. The molecular weight excluding hydrogens is 278 g/mol. The van der Waals surface area contributed by atoms with Crippen LogP contribution in [0.3, 0.4) is 0 Å². The van der Waals surface area contributed by atoms with Gasteiger partial charge >= 0.3 is 0 Å². The Morgan fingerprint density at radius 3 is 2.70 bits per heavy atom. The van der Waals surface area contributed by atoms with E-state index in [0.29, 0.717) is 10.8 Å². The molecule has 0 bridgehead atoms. The Morgan fingerprint density at radius 2 is 2.05 bits per heavy atom. The zero-order chi connectivity index (χ0) is 14.5. The van der Waals surface area contributed by atoms with Crippen molar-refractivity contribution in [3.05, 3.63) is 23.2 Å². The molecule has 6 heteroatoms. The second-order valence-corrected chi connectivity index (χ2v) is 5.32. The molecule has 1 saturated heterocycles. The number of ether oxygens (including phenoxy) is 1. The minimum Gasteiger partial charge on any atom is -0.495 e. The van der Waals surface area contributed by atoms with Crippen molar-refractivity contribution in [2.75, 3.05) is 52.2 Å². The SMILES string of the molecule is COc1cc(Cl)ccc1NCC(=O)N1CCN(C)CC1. The molecule has 0 aliphatic carbocycles. The zero-order valence-electron chi connectivity index (χ0n) is 11.9. The van der Waals surface area contributed by atoms with Crippen molar-refractivity contribution in [1.82, 2.24) is 9.80 Å². The molecule has 1 amide bonds. The highest BCUT2D eigenvalue weighted by atomic mass is 35.5. The highest BCUT2D eigenvalue weighted by Gasteiger charge is 2.18. The summed E-state index contributed by atoms with van der Waals surface area (Å²) in [5, 5.41) is 3.72. The number of piperazine rings is 1. The number of hydrogen-bond acceptors (Lipinski definition) is 4. The third-order valence-electron chi connectivity index (χ3n) is 3.45. The fraction of sp³-hybridized carbons (Fsp3) is 0.500. The molecule has 0 saturated carbocycles. The lowest BCUT2D eigenvalue weighted by atomic mass is 10.2. The van der Waals surface area contributed by atoms with Crippen molar-refractivity contribution < 1.29 is 9.53 Å². The number of amides is 1. The fourth-order valence-corrected chi connectivity index (χ4v) is 2.31. The minimum atomic E-state index is 0.107. The van der Waals surface area contributed by atoms with E-state index < -0.39 is 0 Å². The number of nitrogens with one attached hydrogen (secondary N) is 1. The first-order valence-corrected chi connectivity index (χ1v) is 7.01. The molecule has 1 aliphatic rings. The number of methoxy groups -OCH3 is 1. The molecule has 1 aromatic carbocycles. The van der Waals surface area contributed by atoms with Crippen LogP contribution in [0.5, 0.6) is 5.75 Å². The summed E-state index contributed by atoms with van der Waals surface area (Å²) < 4.78 is 5.24. The van der Waals surface area contributed by atoms with Gasteiger partial charge in [0.1, 0.15) is 5.75 Å². The predicted molar refractivity (Wildman–Crippen MR) is 80.6 cm³/mol. The lowest BCUT2D eigenvalue weighted by molar-refractivity contribution is -0.130. The number of carbonyl (C=O) groups excluding carboxylic acids is 1. The molecule has 20 heavy (non-hydrogen) atoms. The average Bonchev–Trinajstić information content (AvgIpc) is 2.46. The second kappa shape index (κ2) is 6.81. The molecule has 5 nitrogen and oxygen atoms in total. The Hall–Kier alpha value is -1.46. The number of rotatable bonds is 4. The van der Waals surface area contributed by atoms with Crippen molar-refractivity contribution >= 4 is 23.2 Å². The van der Waals surface area contributed by atoms with Crippen LogP contribution < -0.4 is 10.1 Å². The van der Waals surface area contributed by atoms with Crippen LogP contribution in [0.15, 0.2) is 18.2 Å². The maximum Gasteiger partial charge on any atom is 0.241 e. The molecule has 1 N–H and O–H groups in total. The fourth-order valence-electron chi connectivity index (χ4n) is 2.15. The first-order chi connectivity index (χ1) is 9.60. The average molecular weight is 298 g/mol. The molecule has 2 rings (SSSR count). The van der Waals surface area contributed by atoms with Gasteiger partial charge in [-0.15, -0.1) is 0 Å².